The van der Waals surface area contributed by atoms with Crippen molar-refractivity contribution in [3.05, 3.63) is 99.5 Å². The van der Waals surface area contributed by atoms with Crippen LogP contribution in [0.3, 0.4) is 0 Å². The second-order valence-corrected chi connectivity index (χ2v) is 23.1. The van der Waals surface area contributed by atoms with Crippen LogP contribution in [0.5, 0.6) is 23.1 Å². The maximum absolute atomic E-state index is 15.0. The number of aromatic nitrogens is 2. The number of halogens is 1. The van der Waals surface area contributed by atoms with Gasteiger partial charge in [-0.15, -0.1) is 0 Å². The highest BCUT2D eigenvalue weighted by atomic mass is 32.2. The van der Waals surface area contributed by atoms with Crippen LogP contribution in [0.2, 0.25) is 0 Å². The van der Waals surface area contributed by atoms with Gasteiger partial charge in [-0.1, -0.05) is 44.5 Å². The lowest BCUT2D eigenvalue weighted by molar-refractivity contribution is -0.384. The average molecular weight is 994 g/mol. The number of nitrogens with one attached hydrogen (secondary N) is 3. The van der Waals surface area contributed by atoms with Crippen molar-refractivity contribution >= 4 is 44.0 Å². The Hall–Kier alpha value is -5.98. The molecule has 18 heteroatoms. The van der Waals surface area contributed by atoms with Gasteiger partial charge >= 0.3 is 0 Å². The minimum absolute atomic E-state index is 0.000909. The molecule has 3 atom stereocenters. The Bertz CT molecular complexity index is 2950. The number of nitro groups is 1. The maximum Gasteiger partial charge on any atom is 0.297 e. The highest BCUT2D eigenvalue weighted by molar-refractivity contribution is 7.90. The molecule has 16 nitrogen and oxygen atoms in total. The van der Waals surface area contributed by atoms with Crippen molar-refractivity contribution in [3.63, 3.8) is 0 Å². The molecule has 2 aromatic heterocycles. The first-order valence-electron chi connectivity index (χ1n) is 25.1. The number of likely N-dealkylation sites (tertiary alicyclic amines) is 1. The van der Waals surface area contributed by atoms with Gasteiger partial charge in [-0.05, 0) is 119 Å². The van der Waals surface area contributed by atoms with E-state index < -0.39 is 42.9 Å². The third kappa shape index (κ3) is 9.74. The quantitative estimate of drug-likeness (QED) is 0.0642. The lowest BCUT2D eigenvalue weighted by atomic mass is 9.70. The molecule has 71 heavy (non-hydrogen) atoms. The molecule has 378 valence electrons. The number of nitrogens with zero attached hydrogens (tertiary/aromatic N) is 4. The van der Waals surface area contributed by atoms with Crippen LogP contribution < -0.4 is 29.1 Å². The number of hydrogen-bond donors (Lipinski definition) is 4. The number of fused-ring (bicyclic) bond motifs is 2. The molecular weight excluding hydrogens is 930 g/mol. The van der Waals surface area contributed by atoms with Crippen molar-refractivity contribution in [2.75, 3.05) is 43.0 Å². The maximum atomic E-state index is 15.0. The zero-order valence-electron chi connectivity index (χ0n) is 41.0. The summed E-state index contributed by atoms with van der Waals surface area (Å²) in [4.78, 5) is 37.8. The van der Waals surface area contributed by atoms with E-state index in [1.54, 1.807) is 32.9 Å². The smallest absolute Gasteiger partial charge is 0.297 e. The van der Waals surface area contributed by atoms with E-state index >= 15 is 4.39 Å². The molecule has 10 rings (SSSR count). The standard InChI is InChI=1S/C53H64FN7O9S/c1-31(2)36-9-6-7-10-37(36)38-11-8-12-43(38)60-29-53(30-60)19-21-59(22-20-53)34-13-14-39(45(23-34)70-47-26-40-41(54)27-55-49(40)57-51(47)69-32(3)4)50(62)58-71(66,67)35-24-44(61(64)65)48-46(25-35)68-28-42(56-48)33-15-17-52(5,63)18-16-33/h6-7,9-10,13-14,23-27,31-33,38,42-43,56,63H,8,11-12,15-22,28-30H2,1-5H3,(H,55,57)(H,58,62)/t33-,38-,42-,43?,52-/m1/s1. The van der Waals surface area contributed by atoms with Crippen molar-refractivity contribution in [2.24, 2.45) is 11.3 Å². The average Bonchev–Trinajstić information content (AvgIpc) is 3.96. The number of nitro benzene ring substituents is 1. The van der Waals surface area contributed by atoms with Gasteiger partial charge in [-0.2, -0.15) is 4.98 Å². The van der Waals surface area contributed by atoms with Crippen molar-refractivity contribution in [1.82, 2.24) is 19.6 Å². The van der Waals surface area contributed by atoms with Gasteiger partial charge in [-0.3, -0.25) is 19.8 Å². The van der Waals surface area contributed by atoms with Crippen molar-refractivity contribution in [1.29, 1.82) is 0 Å². The number of pyridine rings is 1. The third-order valence-electron chi connectivity index (χ3n) is 15.8. The molecule has 1 unspecified atom stereocenters. The van der Waals surface area contributed by atoms with E-state index in [4.69, 9.17) is 14.2 Å². The molecule has 0 radical (unpaired) electrons. The number of sulfonamides is 1. The number of hydrogen-bond acceptors (Lipinski definition) is 13. The molecule has 1 amide bonds. The predicted octanol–water partition coefficient (Wildman–Crippen LogP) is 9.78. The van der Waals surface area contributed by atoms with Crippen LogP contribution in [0.1, 0.15) is 126 Å². The molecule has 4 fully saturated rings. The SMILES string of the molecule is CC(C)Oc1nc2[nH]cc(F)c2cc1Oc1cc(N2CCC3(CC2)CN(C2CCC[C@@H]2c2ccccc2C(C)C)C3)ccc1C(=O)NS(=O)(=O)c1cc2c(c([N+](=O)[O-])c1)N[C@@H]([C@H]1CC[C@](C)(O)CC1)CO2. The van der Waals surface area contributed by atoms with Crippen LogP contribution in [0.4, 0.5) is 21.5 Å². The molecule has 2 saturated carbocycles. The van der Waals surface area contributed by atoms with Crippen LogP contribution in [0.15, 0.2) is 71.8 Å². The summed E-state index contributed by atoms with van der Waals surface area (Å²) in [5.41, 5.74) is 2.70. The van der Waals surface area contributed by atoms with Gasteiger partial charge in [-0.25, -0.2) is 17.5 Å². The molecule has 5 aliphatic rings. The minimum atomic E-state index is -4.76. The fourth-order valence-electron chi connectivity index (χ4n) is 11.9. The molecule has 3 aromatic carbocycles. The number of benzene rings is 3. The monoisotopic (exact) mass is 993 g/mol. The Morgan fingerprint density at radius 3 is 2.46 bits per heavy atom. The van der Waals surface area contributed by atoms with Crippen molar-refractivity contribution < 1.29 is 41.8 Å². The Labute approximate surface area is 413 Å². The van der Waals surface area contributed by atoms with E-state index in [9.17, 15) is 28.4 Å². The fourth-order valence-corrected chi connectivity index (χ4v) is 12.9. The number of anilines is 2. The molecule has 2 aliphatic carbocycles. The number of carbonyl (C=O) groups excluding carboxylic acids is 1. The number of ether oxygens (including phenoxy) is 3. The van der Waals surface area contributed by atoms with Gasteiger partial charge in [0.2, 0.25) is 0 Å². The number of carbonyl (C=O) groups is 1. The zero-order chi connectivity index (χ0) is 50.0. The number of aliphatic hydroxyl groups is 1. The highest BCUT2D eigenvalue weighted by Gasteiger charge is 2.49. The van der Waals surface area contributed by atoms with Crippen LogP contribution >= 0.6 is 0 Å². The topological polar surface area (TPSA) is 201 Å². The molecule has 1 spiro atoms. The second-order valence-electron chi connectivity index (χ2n) is 21.5. The molecule has 0 bridgehead atoms. The number of aromatic amines is 1. The Morgan fingerprint density at radius 1 is 1.00 bits per heavy atom. The Morgan fingerprint density at radius 2 is 1.75 bits per heavy atom. The molecule has 4 N–H and O–H groups in total. The largest absolute Gasteiger partial charge is 0.489 e. The summed E-state index contributed by atoms with van der Waals surface area (Å²) in [5, 5.41) is 26.3. The minimum Gasteiger partial charge on any atom is -0.489 e. The summed E-state index contributed by atoms with van der Waals surface area (Å²) in [6, 6.07) is 17.6. The van der Waals surface area contributed by atoms with Gasteiger partial charge in [0.25, 0.3) is 27.5 Å². The van der Waals surface area contributed by atoms with Crippen LogP contribution in [0.25, 0.3) is 11.0 Å². The van der Waals surface area contributed by atoms with Crippen LogP contribution in [0, 0.1) is 27.3 Å². The first-order chi connectivity index (χ1) is 33.9. The van der Waals surface area contributed by atoms with E-state index in [1.165, 1.54) is 48.7 Å². The molecule has 2 saturated heterocycles. The molecule has 3 aliphatic heterocycles. The highest BCUT2D eigenvalue weighted by Crippen LogP contribution is 2.50. The number of amides is 1. The second kappa shape index (κ2) is 18.9. The lowest BCUT2D eigenvalue weighted by Gasteiger charge is -2.57. The normalized spacial score (nSPS) is 24.3. The number of rotatable bonds is 13. The number of H-pyrrole nitrogens is 1. The van der Waals surface area contributed by atoms with Crippen molar-refractivity contribution in [3.8, 4) is 23.1 Å². The van der Waals surface area contributed by atoms with E-state index in [2.05, 4.69) is 67.9 Å². The summed E-state index contributed by atoms with van der Waals surface area (Å²) in [6.07, 6.45) is 8.93. The van der Waals surface area contributed by atoms with E-state index in [0.717, 1.165) is 56.8 Å². The first-order valence-corrected chi connectivity index (χ1v) is 26.6. The lowest BCUT2D eigenvalue weighted by Crippen LogP contribution is -2.63. The van der Waals surface area contributed by atoms with Gasteiger partial charge < -0.3 is 34.5 Å². The summed E-state index contributed by atoms with van der Waals surface area (Å²) >= 11 is 0. The molecule has 5 aromatic rings. The van der Waals surface area contributed by atoms with Crippen LogP contribution in [-0.2, 0) is 10.0 Å². The first kappa shape index (κ1) is 48.6. The van der Waals surface area contributed by atoms with E-state index in [-0.39, 0.29) is 75.5 Å². The number of piperidine rings is 1. The van der Waals surface area contributed by atoms with Gasteiger partial charge in [0, 0.05) is 68.4 Å². The van der Waals surface area contributed by atoms with Gasteiger partial charge in [0.05, 0.1) is 38.5 Å². The van der Waals surface area contributed by atoms with Gasteiger partial charge in [0.15, 0.2) is 17.2 Å². The molecular formula is C53H64FN7O9S. The summed E-state index contributed by atoms with van der Waals surface area (Å²) in [6.45, 7) is 13.7. The predicted molar refractivity (Wildman–Crippen MR) is 268 cm³/mol. The van der Waals surface area contributed by atoms with Gasteiger partial charge in [0.1, 0.15) is 23.8 Å². The van der Waals surface area contributed by atoms with Crippen molar-refractivity contribution in [2.45, 2.75) is 133 Å². The Balaban J connectivity index is 0.897. The molecule has 5 heterocycles. The van der Waals surface area contributed by atoms with E-state index in [0.29, 0.717) is 43.6 Å². The zero-order valence-corrected chi connectivity index (χ0v) is 41.8. The Kier molecular flexibility index (Phi) is 12.9. The summed E-state index contributed by atoms with van der Waals surface area (Å²) < 4.78 is 63.8. The van der Waals surface area contributed by atoms with Crippen LogP contribution in [-0.4, -0.2) is 95.8 Å². The summed E-state index contributed by atoms with van der Waals surface area (Å²) in [5.74, 6) is -0.609. The summed E-state index contributed by atoms with van der Waals surface area (Å²) in [7, 11) is -4.76. The fraction of sp³-hybridized carbons (Fsp3) is 0.509. The third-order valence-corrected chi connectivity index (χ3v) is 17.1. The van der Waals surface area contributed by atoms with E-state index in [1.807, 2.05) is 0 Å².